The van der Waals surface area contributed by atoms with Gasteiger partial charge in [0.05, 0.1) is 5.52 Å². The van der Waals surface area contributed by atoms with Crippen LogP contribution in [0.1, 0.15) is 26.7 Å². The van der Waals surface area contributed by atoms with E-state index in [2.05, 4.69) is 34.0 Å². The summed E-state index contributed by atoms with van der Waals surface area (Å²) in [6, 6.07) is 4.88. The molecule has 22 heavy (non-hydrogen) atoms. The predicted octanol–water partition coefficient (Wildman–Crippen LogP) is 2.59. The van der Waals surface area contributed by atoms with Crippen molar-refractivity contribution in [3.05, 3.63) is 34.4 Å². The molecule has 1 unspecified atom stereocenters. The first-order chi connectivity index (χ1) is 10.4. The van der Waals surface area contributed by atoms with Crippen molar-refractivity contribution >= 4 is 16.9 Å². The zero-order valence-corrected chi connectivity index (χ0v) is 13.5. The third-order valence-electron chi connectivity index (χ3n) is 4.00. The maximum absolute atomic E-state index is 13.7. The summed E-state index contributed by atoms with van der Waals surface area (Å²) in [5, 5.41) is 3.28. The molecule has 0 aliphatic carbocycles. The summed E-state index contributed by atoms with van der Waals surface area (Å²) in [4.78, 5) is 21.2. The molecule has 1 heterocycles. The van der Waals surface area contributed by atoms with Gasteiger partial charge in [-0.3, -0.25) is 9.78 Å². The van der Waals surface area contributed by atoms with Crippen LogP contribution in [-0.2, 0) is 0 Å². The first kappa shape index (κ1) is 16.4. The highest BCUT2D eigenvalue weighted by Crippen LogP contribution is 2.15. The van der Waals surface area contributed by atoms with E-state index in [1.54, 1.807) is 12.1 Å². The van der Waals surface area contributed by atoms with Gasteiger partial charge in [-0.15, -0.1) is 0 Å². The lowest BCUT2D eigenvalue weighted by molar-refractivity contribution is 0.274. The molecule has 2 rings (SSSR count). The molecule has 0 amide bonds. The van der Waals surface area contributed by atoms with E-state index in [0.29, 0.717) is 11.5 Å². The largest absolute Gasteiger partial charge is 0.351 e. The quantitative estimate of drug-likeness (QED) is 0.861. The molecule has 2 N–H and O–H groups in total. The van der Waals surface area contributed by atoms with E-state index >= 15 is 0 Å². The first-order valence-electron chi connectivity index (χ1n) is 7.55. The number of rotatable bonds is 6. The highest BCUT2D eigenvalue weighted by atomic mass is 19.1. The standard InChI is InChI=1S/C16H23FN4O/c1-5-7-12(10(2)21(3)4)18-16-19-13-9-6-8-11(17)14(13)15(22)20-16/h6,8-10,12H,5,7H2,1-4H3,(H2,18,19,20,22)/t10?,12-/m1/s1. The van der Waals surface area contributed by atoms with Gasteiger partial charge in [-0.1, -0.05) is 19.4 Å². The normalized spacial score (nSPS) is 14.3. The zero-order valence-electron chi connectivity index (χ0n) is 13.5. The van der Waals surface area contributed by atoms with Crippen LogP contribution in [0.2, 0.25) is 0 Å². The summed E-state index contributed by atoms with van der Waals surface area (Å²) in [6.45, 7) is 4.23. The Morgan fingerprint density at radius 2 is 2.14 bits per heavy atom. The first-order valence-corrected chi connectivity index (χ1v) is 7.55. The Labute approximate surface area is 129 Å². The van der Waals surface area contributed by atoms with Crippen LogP contribution in [0.5, 0.6) is 0 Å². The van der Waals surface area contributed by atoms with E-state index in [4.69, 9.17) is 0 Å². The van der Waals surface area contributed by atoms with Crippen molar-refractivity contribution in [2.75, 3.05) is 19.4 Å². The van der Waals surface area contributed by atoms with Gasteiger partial charge in [-0.05, 0) is 39.6 Å². The van der Waals surface area contributed by atoms with Crippen molar-refractivity contribution < 1.29 is 4.39 Å². The number of hydrogen-bond acceptors (Lipinski definition) is 4. The van der Waals surface area contributed by atoms with E-state index in [0.717, 1.165) is 12.8 Å². The number of anilines is 1. The van der Waals surface area contributed by atoms with Gasteiger partial charge in [0.25, 0.3) is 5.56 Å². The van der Waals surface area contributed by atoms with E-state index in [9.17, 15) is 9.18 Å². The van der Waals surface area contributed by atoms with Crippen LogP contribution in [0.4, 0.5) is 10.3 Å². The van der Waals surface area contributed by atoms with Gasteiger partial charge in [-0.2, -0.15) is 0 Å². The van der Waals surface area contributed by atoms with Crippen molar-refractivity contribution in [2.45, 2.75) is 38.8 Å². The smallest absolute Gasteiger partial charge is 0.263 e. The lowest BCUT2D eigenvalue weighted by Gasteiger charge is -2.30. The van der Waals surface area contributed by atoms with Crippen LogP contribution < -0.4 is 10.9 Å². The molecule has 2 aromatic rings. The molecule has 2 atom stereocenters. The van der Waals surface area contributed by atoms with Gasteiger partial charge in [0.2, 0.25) is 5.95 Å². The number of fused-ring (bicyclic) bond motifs is 1. The maximum atomic E-state index is 13.7. The van der Waals surface area contributed by atoms with Gasteiger partial charge in [-0.25, -0.2) is 9.37 Å². The number of halogens is 1. The molecular formula is C16H23FN4O. The van der Waals surface area contributed by atoms with Crippen LogP contribution >= 0.6 is 0 Å². The molecule has 6 heteroatoms. The monoisotopic (exact) mass is 306 g/mol. The van der Waals surface area contributed by atoms with Crippen LogP contribution in [0.15, 0.2) is 23.0 Å². The molecular weight excluding hydrogens is 283 g/mol. The summed E-state index contributed by atoms with van der Waals surface area (Å²) in [5.74, 6) is -0.167. The van der Waals surface area contributed by atoms with Crippen LogP contribution in [0, 0.1) is 5.82 Å². The van der Waals surface area contributed by atoms with E-state index in [1.165, 1.54) is 6.07 Å². The van der Waals surface area contributed by atoms with E-state index in [1.807, 2.05) is 14.1 Å². The Morgan fingerprint density at radius 3 is 2.77 bits per heavy atom. The fraction of sp³-hybridized carbons (Fsp3) is 0.500. The summed E-state index contributed by atoms with van der Waals surface area (Å²) in [6.07, 6.45) is 1.96. The molecule has 0 bridgehead atoms. The lowest BCUT2D eigenvalue weighted by Crippen LogP contribution is -2.41. The van der Waals surface area contributed by atoms with Gasteiger partial charge in [0.1, 0.15) is 11.2 Å². The molecule has 0 radical (unpaired) electrons. The summed E-state index contributed by atoms with van der Waals surface area (Å²) >= 11 is 0. The minimum Gasteiger partial charge on any atom is -0.351 e. The van der Waals surface area contributed by atoms with Crippen molar-refractivity contribution in [1.29, 1.82) is 0 Å². The van der Waals surface area contributed by atoms with Crippen LogP contribution in [-0.4, -0.2) is 41.0 Å². The fourth-order valence-corrected chi connectivity index (χ4v) is 2.50. The number of nitrogens with zero attached hydrogens (tertiary/aromatic N) is 2. The van der Waals surface area contributed by atoms with Gasteiger partial charge in [0, 0.05) is 12.1 Å². The third-order valence-corrected chi connectivity index (χ3v) is 4.00. The topological polar surface area (TPSA) is 61.0 Å². The van der Waals surface area contributed by atoms with Crippen molar-refractivity contribution in [2.24, 2.45) is 0 Å². The summed E-state index contributed by atoms with van der Waals surface area (Å²) in [5.41, 5.74) is -0.0997. The molecule has 1 aromatic carbocycles. The Hall–Kier alpha value is -1.95. The second-order valence-electron chi connectivity index (χ2n) is 5.79. The van der Waals surface area contributed by atoms with Crippen molar-refractivity contribution in [1.82, 2.24) is 14.9 Å². The molecule has 0 aliphatic rings. The Morgan fingerprint density at radius 1 is 1.41 bits per heavy atom. The average Bonchev–Trinajstić information content (AvgIpc) is 2.45. The molecule has 120 valence electrons. The Kier molecular flexibility index (Phi) is 5.13. The summed E-state index contributed by atoms with van der Waals surface area (Å²) in [7, 11) is 4.03. The SMILES string of the molecule is CCC[C@@H](Nc1nc2cccc(F)c2c(=O)[nH]1)C(C)N(C)C. The van der Waals surface area contributed by atoms with E-state index < -0.39 is 11.4 Å². The predicted molar refractivity (Wildman–Crippen MR) is 87.8 cm³/mol. The molecule has 0 saturated carbocycles. The zero-order chi connectivity index (χ0) is 16.3. The average molecular weight is 306 g/mol. The fourth-order valence-electron chi connectivity index (χ4n) is 2.50. The number of aromatic amines is 1. The molecule has 1 aromatic heterocycles. The second kappa shape index (κ2) is 6.87. The highest BCUT2D eigenvalue weighted by Gasteiger charge is 2.19. The van der Waals surface area contributed by atoms with Gasteiger partial charge in [0.15, 0.2) is 0 Å². The Balaban J connectivity index is 2.36. The number of hydrogen-bond donors (Lipinski definition) is 2. The van der Waals surface area contributed by atoms with Crippen molar-refractivity contribution in [3.8, 4) is 0 Å². The molecule has 5 nitrogen and oxygen atoms in total. The highest BCUT2D eigenvalue weighted by molar-refractivity contribution is 5.79. The summed E-state index contributed by atoms with van der Waals surface area (Å²) < 4.78 is 13.7. The second-order valence-corrected chi connectivity index (χ2v) is 5.79. The number of aromatic nitrogens is 2. The minimum atomic E-state index is -0.551. The minimum absolute atomic E-state index is 0.000694. The van der Waals surface area contributed by atoms with Crippen molar-refractivity contribution in [3.63, 3.8) is 0 Å². The molecule has 0 saturated heterocycles. The number of H-pyrrole nitrogens is 1. The maximum Gasteiger partial charge on any atom is 0.263 e. The Bertz CT molecular complexity index is 698. The van der Waals surface area contributed by atoms with E-state index in [-0.39, 0.29) is 17.5 Å². The number of likely N-dealkylation sites (N-methyl/N-ethyl adjacent to an activating group) is 1. The van der Waals surface area contributed by atoms with Crippen LogP contribution in [0.3, 0.4) is 0 Å². The number of nitrogens with one attached hydrogen (secondary N) is 2. The molecule has 0 fully saturated rings. The van der Waals surface area contributed by atoms with Gasteiger partial charge < -0.3 is 10.2 Å². The number of benzene rings is 1. The third kappa shape index (κ3) is 3.44. The van der Waals surface area contributed by atoms with Gasteiger partial charge >= 0.3 is 0 Å². The lowest BCUT2D eigenvalue weighted by atomic mass is 10.0. The molecule has 0 aliphatic heterocycles. The van der Waals surface area contributed by atoms with Crippen LogP contribution in [0.25, 0.3) is 10.9 Å². The molecule has 0 spiro atoms.